The lowest BCUT2D eigenvalue weighted by atomic mass is 9.92. The molecule has 0 radical (unpaired) electrons. The van der Waals surface area contributed by atoms with E-state index in [0.29, 0.717) is 17.8 Å². The molecule has 2 aromatic rings. The van der Waals surface area contributed by atoms with Crippen LogP contribution in [0.3, 0.4) is 0 Å². The van der Waals surface area contributed by atoms with Gasteiger partial charge in [0.05, 0.1) is 0 Å². The molecular weight excluding hydrogens is 298 g/mol. The maximum absolute atomic E-state index is 6.03. The minimum atomic E-state index is 0.459. The fraction of sp³-hybridized carbons (Fsp3) is 0.294. The molecule has 1 aliphatic rings. The summed E-state index contributed by atoms with van der Waals surface area (Å²) in [6.07, 6.45) is 1.26. The Labute approximate surface area is 123 Å². The summed E-state index contributed by atoms with van der Waals surface area (Å²) < 4.78 is 1.18. The first-order valence-electron chi connectivity index (χ1n) is 6.80. The van der Waals surface area contributed by atoms with Crippen LogP contribution in [-0.4, -0.2) is 6.54 Å². The molecule has 2 N–H and O–H groups in total. The SMILES string of the molecule is NCC(c1ccccc1Br)C1CC1c1ccccc1. The molecule has 0 bridgehead atoms. The lowest BCUT2D eigenvalue weighted by Gasteiger charge is -2.17. The van der Waals surface area contributed by atoms with Gasteiger partial charge >= 0.3 is 0 Å². The van der Waals surface area contributed by atoms with Gasteiger partial charge in [0.1, 0.15) is 0 Å². The van der Waals surface area contributed by atoms with Gasteiger partial charge in [-0.3, -0.25) is 0 Å². The summed E-state index contributed by atoms with van der Waals surface area (Å²) in [5, 5.41) is 0. The van der Waals surface area contributed by atoms with E-state index >= 15 is 0 Å². The Morgan fingerprint density at radius 1 is 1.05 bits per heavy atom. The van der Waals surface area contributed by atoms with Crippen molar-refractivity contribution in [1.29, 1.82) is 0 Å². The molecule has 1 aliphatic carbocycles. The van der Waals surface area contributed by atoms with E-state index in [4.69, 9.17) is 5.73 Å². The predicted octanol–water partition coefficient (Wildman–Crippen LogP) is 4.30. The second kappa shape index (κ2) is 5.48. The van der Waals surface area contributed by atoms with Crippen LogP contribution in [0.2, 0.25) is 0 Å². The number of hydrogen-bond donors (Lipinski definition) is 1. The van der Waals surface area contributed by atoms with Crippen molar-refractivity contribution < 1.29 is 0 Å². The van der Waals surface area contributed by atoms with Gasteiger partial charge in [-0.2, -0.15) is 0 Å². The highest BCUT2D eigenvalue weighted by atomic mass is 79.9. The summed E-state index contributed by atoms with van der Waals surface area (Å²) in [4.78, 5) is 0. The molecule has 0 spiro atoms. The number of halogens is 1. The molecule has 98 valence electrons. The Kier molecular flexibility index (Phi) is 3.72. The van der Waals surface area contributed by atoms with Crippen molar-refractivity contribution in [2.45, 2.75) is 18.3 Å². The lowest BCUT2D eigenvalue weighted by Crippen LogP contribution is -2.15. The molecule has 3 unspecified atom stereocenters. The second-order valence-electron chi connectivity index (χ2n) is 5.28. The van der Waals surface area contributed by atoms with Crippen LogP contribution in [0.5, 0.6) is 0 Å². The van der Waals surface area contributed by atoms with E-state index < -0.39 is 0 Å². The molecule has 0 aliphatic heterocycles. The van der Waals surface area contributed by atoms with Crippen LogP contribution in [0.25, 0.3) is 0 Å². The highest BCUT2D eigenvalue weighted by Gasteiger charge is 2.43. The first-order chi connectivity index (χ1) is 9.31. The highest BCUT2D eigenvalue weighted by Crippen LogP contribution is 2.55. The van der Waals surface area contributed by atoms with Gasteiger partial charge in [-0.05, 0) is 42.0 Å². The third-order valence-corrected chi connectivity index (χ3v) is 4.87. The molecule has 3 rings (SSSR count). The summed E-state index contributed by atoms with van der Waals surface area (Å²) in [7, 11) is 0. The zero-order chi connectivity index (χ0) is 13.2. The molecule has 1 fully saturated rings. The molecule has 0 aromatic heterocycles. The van der Waals surface area contributed by atoms with Gasteiger partial charge in [0.2, 0.25) is 0 Å². The Morgan fingerprint density at radius 3 is 2.42 bits per heavy atom. The average Bonchev–Trinajstić information content (AvgIpc) is 3.23. The number of benzene rings is 2. The van der Waals surface area contributed by atoms with E-state index in [1.165, 1.54) is 22.0 Å². The lowest BCUT2D eigenvalue weighted by molar-refractivity contribution is 0.598. The van der Waals surface area contributed by atoms with Crippen molar-refractivity contribution in [3.8, 4) is 0 Å². The summed E-state index contributed by atoms with van der Waals surface area (Å²) in [5.74, 6) is 1.83. The normalized spacial score (nSPS) is 23.1. The second-order valence-corrected chi connectivity index (χ2v) is 6.13. The zero-order valence-corrected chi connectivity index (χ0v) is 12.4. The molecule has 0 heterocycles. The zero-order valence-electron chi connectivity index (χ0n) is 10.8. The minimum Gasteiger partial charge on any atom is -0.330 e. The fourth-order valence-electron chi connectivity index (χ4n) is 3.05. The van der Waals surface area contributed by atoms with Crippen LogP contribution < -0.4 is 5.73 Å². The highest BCUT2D eigenvalue weighted by molar-refractivity contribution is 9.10. The van der Waals surface area contributed by atoms with E-state index in [1.54, 1.807) is 0 Å². The van der Waals surface area contributed by atoms with E-state index in [2.05, 4.69) is 70.5 Å². The van der Waals surface area contributed by atoms with Gasteiger partial charge in [-0.15, -0.1) is 0 Å². The van der Waals surface area contributed by atoms with E-state index in [9.17, 15) is 0 Å². The van der Waals surface area contributed by atoms with Gasteiger partial charge in [-0.25, -0.2) is 0 Å². The number of rotatable bonds is 4. The Balaban J connectivity index is 1.81. The maximum Gasteiger partial charge on any atom is 0.0210 e. The van der Waals surface area contributed by atoms with Gasteiger partial charge in [0.25, 0.3) is 0 Å². The van der Waals surface area contributed by atoms with E-state index in [1.807, 2.05) is 0 Å². The first-order valence-corrected chi connectivity index (χ1v) is 7.60. The molecule has 0 saturated heterocycles. The van der Waals surface area contributed by atoms with Gasteiger partial charge < -0.3 is 5.73 Å². The van der Waals surface area contributed by atoms with Crippen LogP contribution in [0.4, 0.5) is 0 Å². The molecule has 2 heteroatoms. The van der Waals surface area contributed by atoms with Crippen LogP contribution in [0.1, 0.15) is 29.4 Å². The summed E-state index contributed by atoms with van der Waals surface area (Å²) in [6, 6.07) is 19.3. The van der Waals surface area contributed by atoms with Crippen LogP contribution in [0.15, 0.2) is 59.1 Å². The minimum absolute atomic E-state index is 0.459. The summed E-state index contributed by atoms with van der Waals surface area (Å²) in [5.41, 5.74) is 8.85. The van der Waals surface area contributed by atoms with Crippen molar-refractivity contribution in [1.82, 2.24) is 0 Å². The van der Waals surface area contributed by atoms with Gasteiger partial charge in [-0.1, -0.05) is 64.5 Å². The van der Waals surface area contributed by atoms with Crippen molar-refractivity contribution in [2.24, 2.45) is 11.7 Å². The van der Waals surface area contributed by atoms with Crippen molar-refractivity contribution in [2.75, 3.05) is 6.54 Å². The van der Waals surface area contributed by atoms with E-state index in [0.717, 1.165) is 6.54 Å². The molecular formula is C17H18BrN. The van der Waals surface area contributed by atoms with Crippen molar-refractivity contribution in [3.63, 3.8) is 0 Å². The Hall–Kier alpha value is -1.12. The van der Waals surface area contributed by atoms with Crippen LogP contribution >= 0.6 is 15.9 Å². The molecule has 1 nitrogen and oxygen atoms in total. The van der Waals surface area contributed by atoms with Crippen LogP contribution in [0, 0.1) is 5.92 Å². The first kappa shape index (κ1) is 12.9. The largest absolute Gasteiger partial charge is 0.330 e. The smallest absolute Gasteiger partial charge is 0.0210 e. The summed E-state index contributed by atoms with van der Waals surface area (Å²) >= 11 is 3.65. The monoisotopic (exact) mass is 315 g/mol. The number of nitrogens with two attached hydrogens (primary N) is 1. The third-order valence-electron chi connectivity index (χ3n) is 4.14. The third kappa shape index (κ3) is 2.60. The fourth-order valence-corrected chi connectivity index (χ4v) is 3.63. The molecule has 19 heavy (non-hydrogen) atoms. The number of hydrogen-bond acceptors (Lipinski definition) is 1. The molecule has 2 aromatic carbocycles. The quantitative estimate of drug-likeness (QED) is 0.894. The molecule has 1 saturated carbocycles. The predicted molar refractivity (Wildman–Crippen MR) is 83.2 cm³/mol. The Morgan fingerprint density at radius 2 is 1.74 bits per heavy atom. The topological polar surface area (TPSA) is 26.0 Å². The van der Waals surface area contributed by atoms with Crippen molar-refractivity contribution >= 4 is 15.9 Å². The molecule has 0 amide bonds. The van der Waals surface area contributed by atoms with E-state index in [-0.39, 0.29) is 0 Å². The maximum atomic E-state index is 6.03. The molecule has 3 atom stereocenters. The van der Waals surface area contributed by atoms with Crippen LogP contribution in [-0.2, 0) is 0 Å². The summed E-state index contributed by atoms with van der Waals surface area (Å²) in [6.45, 7) is 0.719. The standard InChI is InChI=1S/C17H18BrN/c18-17-9-5-4-8-13(17)16(11-19)15-10-14(15)12-6-2-1-3-7-12/h1-9,14-16H,10-11,19H2. The average molecular weight is 316 g/mol. The van der Waals surface area contributed by atoms with Crippen molar-refractivity contribution in [3.05, 3.63) is 70.2 Å². The van der Waals surface area contributed by atoms with Gasteiger partial charge in [0.15, 0.2) is 0 Å². The van der Waals surface area contributed by atoms with Gasteiger partial charge in [0, 0.05) is 10.4 Å². The Bertz CT molecular complexity index is 552.